The van der Waals surface area contributed by atoms with Gasteiger partial charge in [0, 0.05) is 23.2 Å². The van der Waals surface area contributed by atoms with Crippen LogP contribution in [0.15, 0.2) is 99.0 Å². The Morgan fingerprint density at radius 2 is 1.71 bits per heavy atom. The molecule has 0 spiro atoms. The zero-order chi connectivity index (χ0) is 29.4. The molecule has 3 aromatic carbocycles. The van der Waals surface area contributed by atoms with Crippen LogP contribution in [0.3, 0.4) is 0 Å². The molecule has 2 aromatic heterocycles. The van der Waals surface area contributed by atoms with Gasteiger partial charge in [0.2, 0.25) is 0 Å². The maximum atomic E-state index is 13.6. The Labute approximate surface area is 239 Å². The van der Waals surface area contributed by atoms with Gasteiger partial charge in [-0.3, -0.25) is 4.79 Å². The number of nitrogens with zero attached hydrogens (tertiary/aromatic N) is 8. The van der Waals surface area contributed by atoms with Crippen LogP contribution >= 0.6 is 0 Å². The maximum absolute atomic E-state index is 13.6. The lowest BCUT2D eigenvalue weighted by Crippen LogP contribution is -2.33. The van der Waals surface area contributed by atoms with Crippen molar-refractivity contribution in [3.05, 3.63) is 106 Å². The van der Waals surface area contributed by atoms with E-state index >= 15 is 0 Å². The van der Waals surface area contributed by atoms with Gasteiger partial charge in [0.15, 0.2) is 5.84 Å². The van der Waals surface area contributed by atoms with Crippen molar-refractivity contribution in [3.8, 4) is 16.8 Å². The molecule has 12 nitrogen and oxygen atoms in total. The predicted molar refractivity (Wildman–Crippen MR) is 158 cm³/mol. The van der Waals surface area contributed by atoms with Crippen molar-refractivity contribution in [2.45, 2.75) is 13.5 Å². The predicted octanol–water partition coefficient (Wildman–Crippen LogP) is 5.03. The summed E-state index contributed by atoms with van der Waals surface area (Å²) in [6.45, 7) is 2.55. The van der Waals surface area contributed by atoms with Gasteiger partial charge in [-0.05, 0) is 62.0 Å². The van der Waals surface area contributed by atoms with Crippen LogP contribution in [0.5, 0.6) is 0 Å². The third kappa shape index (κ3) is 5.02. The zero-order valence-corrected chi connectivity index (χ0v) is 23.0. The van der Waals surface area contributed by atoms with Crippen LogP contribution in [0.1, 0.15) is 16.8 Å². The molecule has 0 atom stereocenters. The summed E-state index contributed by atoms with van der Waals surface area (Å²) in [7, 11) is 4.05. The highest BCUT2D eigenvalue weighted by molar-refractivity contribution is 6.08. The lowest BCUT2D eigenvalue weighted by atomic mass is 9.99. The number of carbonyl (C=O) groups is 2. The van der Waals surface area contributed by atoms with Crippen LogP contribution in [-0.4, -0.2) is 56.5 Å². The van der Waals surface area contributed by atoms with Crippen molar-refractivity contribution in [3.63, 3.8) is 0 Å². The molecule has 208 valence electrons. The van der Waals surface area contributed by atoms with Crippen LogP contribution in [0.25, 0.3) is 27.7 Å². The zero-order valence-electron chi connectivity index (χ0n) is 23.0. The van der Waals surface area contributed by atoms with Gasteiger partial charge in [0.05, 0.1) is 17.6 Å². The number of fused-ring (bicyclic) bond motifs is 1. The molecule has 1 aliphatic heterocycles. The topological polar surface area (TPSA) is 139 Å². The number of urea groups is 1. The van der Waals surface area contributed by atoms with Crippen molar-refractivity contribution >= 4 is 34.5 Å². The lowest BCUT2D eigenvalue weighted by molar-refractivity contribution is 0.250. The minimum Gasteiger partial charge on any atom is -0.306 e. The number of azo groups is 1. The van der Waals surface area contributed by atoms with Crippen molar-refractivity contribution in [2.75, 3.05) is 19.4 Å². The van der Waals surface area contributed by atoms with E-state index in [1.807, 2.05) is 38.4 Å². The van der Waals surface area contributed by atoms with Gasteiger partial charge in [-0.1, -0.05) is 53.6 Å². The number of amides is 3. The number of carbonyl (C=O) groups excluding carboxylic acids is 2. The van der Waals surface area contributed by atoms with Crippen molar-refractivity contribution in [1.82, 2.24) is 24.5 Å². The number of rotatable bonds is 6. The Bertz CT molecular complexity index is 1990. The smallest absolute Gasteiger partial charge is 0.306 e. The molecule has 3 amide bonds. The van der Waals surface area contributed by atoms with Gasteiger partial charge < -0.3 is 10.2 Å². The summed E-state index contributed by atoms with van der Waals surface area (Å²) in [5.74, 6) is 0.167. The molecule has 0 saturated carbocycles. The Morgan fingerprint density at radius 1 is 0.929 bits per heavy atom. The Hall–Kier alpha value is -5.62. The third-order valence-electron chi connectivity index (χ3n) is 6.73. The van der Waals surface area contributed by atoms with Crippen LogP contribution in [0, 0.1) is 6.92 Å². The number of amidine groups is 1. The molecule has 5 aromatic rings. The number of aromatic nitrogens is 4. The second kappa shape index (κ2) is 10.7. The number of aliphatic imine (C=N–C) groups is 1. The van der Waals surface area contributed by atoms with Crippen molar-refractivity contribution < 1.29 is 9.59 Å². The first-order valence-electron chi connectivity index (χ1n) is 13.1. The molecule has 0 unspecified atom stereocenters. The van der Waals surface area contributed by atoms with Gasteiger partial charge in [-0.2, -0.15) is 15.2 Å². The Kier molecular flexibility index (Phi) is 6.80. The van der Waals surface area contributed by atoms with E-state index in [2.05, 4.69) is 47.8 Å². The van der Waals surface area contributed by atoms with Gasteiger partial charge in [0.25, 0.3) is 0 Å². The van der Waals surface area contributed by atoms with Crippen LogP contribution in [0.2, 0.25) is 0 Å². The minimum absolute atomic E-state index is 0.167. The van der Waals surface area contributed by atoms with Crippen molar-refractivity contribution in [1.29, 1.82) is 0 Å². The summed E-state index contributed by atoms with van der Waals surface area (Å²) in [6, 6.07) is 21.1. The van der Waals surface area contributed by atoms with Crippen LogP contribution in [0.4, 0.5) is 15.3 Å². The highest BCUT2D eigenvalue weighted by Gasteiger charge is 2.20. The van der Waals surface area contributed by atoms with Crippen LogP contribution < -0.4 is 10.9 Å². The highest BCUT2D eigenvalue weighted by atomic mass is 16.2. The fourth-order valence-corrected chi connectivity index (χ4v) is 4.81. The average Bonchev–Trinajstić information content (AvgIpc) is 3.57. The number of benzene rings is 3. The monoisotopic (exact) mass is 559 g/mol. The molecule has 3 heterocycles. The third-order valence-corrected chi connectivity index (χ3v) is 6.73. The number of aryl methyl sites for hydroxylation is 1. The summed E-state index contributed by atoms with van der Waals surface area (Å²) in [4.78, 5) is 44.1. The van der Waals surface area contributed by atoms with Gasteiger partial charge in [0.1, 0.15) is 5.52 Å². The normalized spacial score (nSPS) is 12.8. The second-order valence-electron chi connectivity index (χ2n) is 9.99. The van der Waals surface area contributed by atoms with Gasteiger partial charge >= 0.3 is 17.6 Å². The highest BCUT2D eigenvalue weighted by Crippen LogP contribution is 2.26. The van der Waals surface area contributed by atoms with E-state index in [-0.39, 0.29) is 11.4 Å². The summed E-state index contributed by atoms with van der Waals surface area (Å²) in [5, 5.41) is 19.1. The molecule has 0 radical (unpaired) electrons. The molecule has 6 rings (SSSR count). The second-order valence-corrected chi connectivity index (χ2v) is 9.99. The largest absolute Gasteiger partial charge is 0.387 e. The lowest BCUT2D eigenvalue weighted by Gasteiger charge is -2.14. The molecule has 0 bridgehead atoms. The van der Waals surface area contributed by atoms with Gasteiger partial charge in [-0.15, -0.1) is 9.80 Å². The molecular weight excluding hydrogens is 534 g/mol. The Balaban J connectivity index is 1.30. The molecule has 0 aliphatic carbocycles. The average molecular weight is 560 g/mol. The first-order valence-corrected chi connectivity index (χ1v) is 13.1. The number of nitrogens with one attached hydrogen (secondary N) is 1. The summed E-state index contributed by atoms with van der Waals surface area (Å²) in [5.41, 5.74) is 4.97. The van der Waals surface area contributed by atoms with E-state index in [1.165, 1.54) is 16.4 Å². The molecular formula is C30H25N9O3. The SMILES string of the molecule is Cc1nn(-c2cccc(C3=NC(=O)N=N3)c2)c2c(=O)n(C(=O)Nc3ccc(-c4ccccc4CN(C)C)cc3)ncc12. The van der Waals surface area contributed by atoms with E-state index in [9.17, 15) is 14.4 Å². The maximum Gasteiger partial charge on any atom is 0.387 e. The molecule has 0 saturated heterocycles. The van der Waals surface area contributed by atoms with E-state index in [4.69, 9.17) is 0 Å². The Morgan fingerprint density at radius 3 is 2.45 bits per heavy atom. The quantitative estimate of drug-likeness (QED) is 0.309. The van der Waals surface area contributed by atoms with Crippen LogP contribution in [-0.2, 0) is 6.54 Å². The fourth-order valence-electron chi connectivity index (χ4n) is 4.81. The minimum atomic E-state index is -0.707. The molecule has 12 heteroatoms. The van der Waals surface area contributed by atoms with E-state index in [1.54, 1.807) is 43.3 Å². The molecule has 1 N–H and O–H groups in total. The molecule has 1 aliphatic rings. The fraction of sp³-hybridized carbons (Fsp3) is 0.133. The number of anilines is 1. The summed E-state index contributed by atoms with van der Waals surface area (Å²) >= 11 is 0. The number of hydrogen-bond donors (Lipinski definition) is 1. The van der Waals surface area contributed by atoms with Crippen molar-refractivity contribution in [2.24, 2.45) is 15.2 Å². The van der Waals surface area contributed by atoms with E-state index in [0.29, 0.717) is 28.0 Å². The van der Waals surface area contributed by atoms with Gasteiger partial charge in [-0.25, -0.2) is 14.3 Å². The summed E-state index contributed by atoms with van der Waals surface area (Å²) in [6.07, 6.45) is 1.44. The van der Waals surface area contributed by atoms with E-state index in [0.717, 1.165) is 22.4 Å². The first kappa shape index (κ1) is 26.6. The summed E-state index contributed by atoms with van der Waals surface area (Å²) < 4.78 is 2.22. The molecule has 0 fully saturated rings. The van der Waals surface area contributed by atoms with E-state index < -0.39 is 17.6 Å². The first-order chi connectivity index (χ1) is 20.3. The standard InChI is InChI=1S/C30H25N9O3/c1-18-25-16-31-39(28(40)26(25)38(36-18)23-9-6-8-20(15-23)27-33-29(41)35-34-27)30(42)32-22-13-11-19(12-14-22)24-10-5-4-7-21(24)17-37(2)3/h4-16H,17H2,1-3H3,(H,32,42). The molecule has 42 heavy (non-hydrogen) atoms. The number of hydrogen-bond acceptors (Lipinski definition) is 7.